The Bertz CT molecular complexity index is 1020. The Labute approximate surface area is 179 Å². The van der Waals surface area contributed by atoms with Gasteiger partial charge < -0.3 is 4.90 Å². The fourth-order valence-electron chi connectivity index (χ4n) is 4.60. The first-order valence-corrected chi connectivity index (χ1v) is 11.0. The molecule has 0 atom stereocenters. The predicted molar refractivity (Wildman–Crippen MR) is 120 cm³/mol. The smallest absolute Gasteiger partial charge is 0.277 e. The van der Waals surface area contributed by atoms with E-state index in [4.69, 9.17) is 0 Å². The minimum absolute atomic E-state index is 0.134. The van der Waals surface area contributed by atoms with Gasteiger partial charge in [-0.1, -0.05) is 67.8 Å². The molecule has 0 aliphatic carbocycles. The average molecular weight is 403 g/mol. The van der Waals surface area contributed by atoms with Crippen molar-refractivity contribution in [1.82, 2.24) is 9.80 Å². The lowest BCUT2D eigenvalue weighted by molar-refractivity contribution is -0.137. The molecule has 156 valence electrons. The molecule has 0 saturated carbocycles. The molecule has 0 spiro atoms. The quantitative estimate of drug-likeness (QED) is 0.522. The lowest BCUT2D eigenvalue weighted by atomic mass is 9.95. The van der Waals surface area contributed by atoms with E-state index >= 15 is 0 Å². The summed E-state index contributed by atoms with van der Waals surface area (Å²) < 4.78 is 0. The highest BCUT2D eigenvalue weighted by molar-refractivity contribution is 6.35. The number of hydrogen-bond donors (Lipinski definition) is 0. The molecule has 4 nitrogen and oxygen atoms in total. The largest absolute Gasteiger partial charge is 0.362 e. The molecule has 0 N–H and O–H groups in total. The number of amides is 2. The van der Waals surface area contributed by atoms with Crippen LogP contribution in [0.15, 0.2) is 48.2 Å². The fraction of sp³-hybridized carbons (Fsp3) is 0.385. The van der Waals surface area contributed by atoms with Crippen LogP contribution in [-0.2, 0) is 22.6 Å². The van der Waals surface area contributed by atoms with Crippen LogP contribution in [0, 0.1) is 13.8 Å². The summed E-state index contributed by atoms with van der Waals surface area (Å²) in [5.41, 5.74) is 6.80. The van der Waals surface area contributed by atoms with Gasteiger partial charge in [0.15, 0.2) is 0 Å². The van der Waals surface area contributed by atoms with Gasteiger partial charge in [0.25, 0.3) is 11.8 Å². The third-order valence-corrected chi connectivity index (χ3v) is 6.23. The molecular formula is C26H30N2O2. The second-order valence-electron chi connectivity index (χ2n) is 8.45. The molecule has 2 aromatic carbocycles. The fourth-order valence-corrected chi connectivity index (χ4v) is 4.60. The molecule has 2 aliphatic rings. The summed E-state index contributed by atoms with van der Waals surface area (Å²) in [7, 11) is 0. The van der Waals surface area contributed by atoms with E-state index in [1.54, 1.807) is 0 Å². The van der Waals surface area contributed by atoms with E-state index in [1.165, 1.54) is 16.0 Å². The lowest BCUT2D eigenvalue weighted by Gasteiger charge is -2.31. The first-order valence-electron chi connectivity index (χ1n) is 11.0. The highest BCUT2D eigenvalue weighted by Crippen LogP contribution is 2.36. The second-order valence-corrected chi connectivity index (χ2v) is 8.45. The van der Waals surface area contributed by atoms with E-state index in [9.17, 15) is 9.59 Å². The van der Waals surface area contributed by atoms with Crippen molar-refractivity contribution in [2.75, 3.05) is 13.1 Å². The Kier molecular flexibility index (Phi) is 5.76. The molecule has 2 aromatic rings. The minimum atomic E-state index is -0.142. The van der Waals surface area contributed by atoms with Crippen LogP contribution in [-0.4, -0.2) is 34.7 Å². The zero-order chi connectivity index (χ0) is 21.3. The van der Waals surface area contributed by atoms with Crippen LogP contribution < -0.4 is 0 Å². The van der Waals surface area contributed by atoms with E-state index in [2.05, 4.69) is 36.1 Å². The molecule has 0 radical (unpaired) electrons. The first kappa shape index (κ1) is 20.4. The van der Waals surface area contributed by atoms with Crippen molar-refractivity contribution >= 4 is 17.4 Å². The number of aryl methyl sites for hydroxylation is 2. The molecule has 4 rings (SSSR count). The summed E-state index contributed by atoms with van der Waals surface area (Å²) in [4.78, 5) is 30.6. The number of carbonyl (C=O) groups is 2. The molecule has 0 fully saturated rings. The number of carbonyl (C=O) groups excluding carboxylic acids is 2. The standard InChI is InChI=1S/C26H30N2O2/c1-4-5-8-14-28-25(29)23(22-12-11-18(2)16-19(22)3)24(26(28)30)27-15-13-20-9-6-7-10-21(20)17-27/h6-7,9-12,16H,4-5,8,13-15,17H2,1-3H3. The summed E-state index contributed by atoms with van der Waals surface area (Å²) in [6, 6.07) is 14.5. The summed E-state index contributed by atoms with van der Waals surface area (Å²) in [6.45, 7) is 8.12. The van der Waals surface area contributed by atoms with E-state index in [0.29, 0.717) is 24.4 Å². The summed E-state index contributed by atoms with van der Waals surface area (Å²) in [6.07, 6.45) is 3.81. The Morgan fingerprint density at radius 1 is 0.933 bits per heavy atom. The summed E-state index contributed by atoms with van der Waals surface area (Å²) in [5.74, 6) is -0.276. The van der Waals surface area contributed by atoms with Gasteiger partial charge in [0.1, 0.15) is 5.70 Å². The zero-order valence-corrected chi connectivity index (χ0v) is 18.2. The molecule has 0 saturated heterocycles. The normalized spacial score (nSPS) is 16.5. The molecular weight excluding hydrogens is 372 g/mol. The van der Waals surface area contributed by atoms with Crippen LogP contribution >= 0.6 is 0 Å². The van der Waals surface area contributed by atoms with Gasteiger partial charge in [-0.25, -0.2) is 0 Å². The average Bonchev–Trinajstić information content (AvgIpc) is 2.98. The van der Waals surface area contributed by atoms with E-state index in [-0.39, 0.29) is 11.8 Å². The first-order chi connectivity index (χ1) is 14.5. The van der Waals surface area contributed by atoms with Crippen molar-refractivity contribution in [2.24, 2.45) is 0 Å². The van der Waals surface area contributed by atoms with Crippen molar-refractivity contribution in [3.05, 3.63) is 76.0 Å². The maximum Gasteiger partial charge on any atom is 0.277 e. The van der Waals surface area contributed by atoms with E-state index in [0.717, 1.165) is 48.9 Å². The summed E-state index contributed by atoms with van der Waals surface area (Å²) in [5, 5.41) is 0. The third kappa shape index (κ3) is 3.67. The third-order valence-electron chi connectivity index (χ3n) is 6.23. The lowest BCUT2D eigenvalue weighted by Crippen LogP contribution is -2.37. The maximum atomic E-state index is 13.5. The number of imide groups is 1. The molecule has 30 heavy (non-hydrogen) atoms. The minimum Gasteiger partial charge on any atom is -0.362 e. The van der Waals surface area contributed by atoms with Crippen molar-refractivity contribution in [3.8, 4) is 0 Å². The van der Waals surface area contributed by atoms with Gasteiger partial charge in [-0.2, -0.15) is 0 Å². The van der Waals surface area contributed by atoms with Crippen LogP contribution in [0.2, 0.25) is 0 Å². The monoisotopic (exact) mass is 402 g/mol. The number of rotatable bonds is 6. The van der Waals surface area contributed by atoms with Gasteiger partial charge >= 0.3 is 0 Å². The van der Waals surface area contributed by atoms with Crippen LogP contribution in [0.1, 0.15) is 54.0 Å². The topological polar surface area (TPSA) is 40.6 Å². The van der Waals surface area contributed by atoms with Crippen LogP contribution in [0.25, 0.3) is 5.57 Å². The molecule has 2 aliphatic heterocycles. The Morgan fingerprint density at radius 3 is 2.43 bits per heavy atom. The highest BCUT2D eigenvalue weighted by atomic mass is 16.2. The number of benzene rings is 2. The van der Waals surface area contributed by atoms with Gasteiger partial charge in [0.05, 0.1) is 5.57 Å². The van der Waals surface area contributed by atoms with E-state index < -0.39 is 0 Å². The second kappa shape index (κ2) is 8.47. The zero-order valence-electron chi connectivity index (χ0n) is 18.2. The Hall–Kier alpha value is -2.88. The van der Waals surface area contributed by atoms with Crippen LogP contribution in [0.4, 0.5) is 0 Å². The predicted octanol–water partition coefficient (Wildman–Crippen LogP) is 4.63. The SMILES string of the molecule is CCCCCN1C(=O)C(c2ccc(C)cc2C)=C(N2CCc3ccccc3C2)C1=O. The van der Waals surface area contributed by atoms with Gasteiger partial charge in [0, 0.05) is 19.6 Å². The summed E-state index contributed by atoms with van der Waals surface area (Å²) >= 11 is 0. The number of fused-ring (bicyclic) bond motifs is 1. The molecule has 0 unspecified atom stereocenters. The van der Waals surface area contributed by atoms with Gasteiger partial charge in [-0.05, 0) is 48.9 Å². The highest BCUT2D eigenvalue weighted by Gasteiger charge is 2.42. The maximum absolute atomic E-state index is 13.5. The van der Waals surface area contributed by atoms with Crippen molar-refractivity contribution in [3.63, 3.8) is 0 Å². The molecule has 2 heterocycles. The van der Waals surface area contributed by atoms with Crippen molar-refractivity contribution in [2.45, 2.75) is 53.0 Å². The van der Waals surface area contributed by atoms with Gasteiger partial charge in [0.2, 0.25) is 0 Å². The van der Waals surface area contributed by atoms with Crippen molar-refractivity contribution < 1.29 is 9.59 Å². The Morgan fingerprint density at radius 2 is 1.70 bits per heavy atom. The molecule has 0 bridgehead atoms. The Balaban J connectivity index is 1.76. The number of hydrogen-bond acceptors (Lipinski definition) is 3. The number of unbranched alkanes of at least 4 members (excludes halogenated alkanes) is 2. The molecule has 2 amide bonds. The molecule has 0 aromatic heterocycles. The van der Waals surface area contributed by atoms with Crippen LogP contribution in [0.3, 0.4) is 0 Å². The van der Waals surface area contributed by atoms with Gasteiger partial charge in [-0.3, -0.25) is 14.5 Å². The van der Waals surface area contributed by atoms with Gasteiger partial charge in [-0.15, -0.1) is 0 Å². The van der Waals surface area contributed by atoms with Crippen LogP contribution in [0.5, 0.6) is 0 Å². The van der Waals surface area contributed by atoms with Crippen molar-refractivity contribution in [1.29, 1.82) is 0 Å². The molecule has 4 heteroatoms. The number of nitrogens with zero attached hydrogens (tertiary/aromatic N) is 2. The van der Waals surface area contributed by atoms with E-state index in [1.807, 2.05) is 32.0 Å².